The maximum atomic E-state index is 10.8. The fourth-order valence-electron chi connectivity index (χ4n) is 1.53. The molecule has 1 aromatic carbocycles. The van der Waals surface area contributed by atoms with Crippen molar-refractivity contribution in [3.8, 4) is 5.75 Å². The molecule has 0 radical (unpaired) electrons. The molecular weight excluding hydrogens is 238 g/mol. The third kappa shape index (κ3) is 4.75. The molecule has 0 aliphatic carbocycles. The van der Waals surface area contributed by atoms with Crippen LogP contribution in [0.5, 0.6) is 5.75 Å². The van der Waals surface area contributed by atoms with Crippen LogP contribution >= 0.6 is 12.4 Å². The summed E-state index contributed by atoms with van der Waals surface area (Å²) >= 11 is 0. The molecule has 0 heterocycles. The Kier molecular flexibility index (Phi) is 6.85. The van der Waals surface area contributed by atoms with Gasteiger partial charge in [0.25, 0.3) is 0 Å². The van der Waals surface area contributed by atoms with Gasteiger partial charge in [-0.1, -0.05) is 32.4 Å². The minimum Gasteiger partial charge on any atom is -0.427 e. The second-order valence-corrected chi connectivity index (χ2v) is 4.08. The lowest BCUT2D eigenvalue weighted by atomic mass is 9.93. The lowest BCUT2D eigenvalue weighted by Crippen LogP contribution is -2.18. The van der Waals surface area contributed by atoms with Crippen LogP contribution in [0.4, 0.5) is 0 Å². The zero-order chi connectivity index (χ0) is 12.1. The van der Waals surface area contributed by atoms with Gasteiger partial charge in [0.05, 0.1) is 0 Å². The normalized spacial score (nSPS) is 13.4. The molecule has 3 nitrogen and oxygen atoms in total. The molecule has 0 bridgehead atoms. The lowest BCUT2D eigenvalue weighted by molar-refractivity contribution is -0.131. The number of ether oxygens (including phenoxy) is 1. The van der Waals surface area contributed by atoms with E-state index in [1.165, 1.54) is 6.92 Å². The Morgan fingerprint density at radius 1 is 1.47 bits per heavy atom. The second kappa shape index (κ2) is 7.30. The Labute approximate surface area is 109 Å². The largest absolute Gasteiger partial charge is 0.427 e. The Morgan fingerprint density at radius 3 is 2.65 bits per heavy atom. The van der Waals surface area contributed by atoms with Crippen molar-refractivity contribution in [3.05, 3.63) is 29.8 Å². The topological polar surface area (TPSA) is 52.3 Å². The third-order valence-electron chi connectivity index (χ3n) is 2.76. The molecule has 17 heavy (non-hydrogen) atoms. The zero-order valence-electron chi connectivity index (χ0n) is 10.5. The van der Waals surface area contributed by atoms with Crippen LogP contribution in [-0.4, -0.2) is 5.97 Å². The van der Waals surface area contributed by atoms with Crippen LogP contribution in [0.25, 0.3) is 0 Å². The zero-order valence-corrected chi connectivity index (χ0v) is 11.3. The molecule has 2 N–H and O–H groups in total. The SMILES string of the molecule is CCC(C)[C@H](N)c1cccc(OC(C)=O)c1.Cl. The summed E-state index contributed by atoms with van der Waals surface area (Å²) < 4.78 is 5.02. The fraction of sp³-hybridized carbons (Fsp3) is 0.462. The molecule has 4 heteroatoms. The van der Waals surface area contributed by atoms with Gasteiger partial charge in [0.15, 0.2) is 0 Å². The highest BCUT2D eigenvalue weighted by atomic mass is 35.5. The van der Waals surface area contributed by atoms with Crippen LogP contribution in [0.1, 0.15) is 38.8 Å². The molecular formula is C13H20ClNO2. The van der Waals surface area contributed by atoms with Gasteiger partial charge in [-0.3, -0.25) is 4.79 Å². The highest BCUT2D eigenvalue weighted by Crippen LogP contribution is 2.24. The number of esters is 1. The van der Waals surface area contributed by atoms with E-state index in [9.17, 15) is 4.79 Å². The molecule has 0 amide bonds. The third-order valence-corrected chi connectivity index (χ3v) is 2.76. The van der Waals surface area contributed by atoms with Crippen molar-refractivity contribution >= 4 is 18.4 Å². The molecule has 0 saturated heterocycles. The second-order valence-electron chi connectivity index (χ2n) is 4.08. The van der Waals surface area contributed by atoms with Crippen molar-refractivity contribution in [2.24, 2.45) is 11.7 Å². The van der Waals surface area contributed by atoms with Crippen molar-refractivity contribution in [2.45, 2.75) is 33.2 Å². The van der Waals surface area contributed by atoms with E-state index >= 15 is 0 Å². The molecule has 1 rings (SSSR count). The summed E-state index contributed by atoms with van der Waals surface area (Å²) in [6.45, 7) is 5.62. The monoisotopic (exact) mass is 257 g/mol. The number of hydrogen-bond acceptors (Lipinski definition) is 3. The molecule has 0 saturated carbocycles. The van der Waals surface area contributed by atoms with Crippen molar-refractivity contribution in [2.75, 3.05) is 0 Å². The smallest absolute Gasteiger partial charge is 0.308 e. The summed E-state index contributed by atoms with van der Waals surface area (Å²) in [7, 11) is 0. The van der Waals surface area contributed by atoms with Crippen LogP contribution in [0, 0.1) is 5.92 Å². The quantitative estimate of drug-likeness (QED) is 0.666. The predicted octanol–water partition coefficient (Wildman–Crippen LogP) is 3.08. The van der Waals surface area contributed by atoms with Gasteiger partial charge in [-0.25, -0.2) is 0 Å². The summed E-state index contributed by atoms with van der Waals surface area (Å²) in [6, 6.07) is 7.40. The molecule has 0 fully saturated rings. The number of hydrogen-bond donors (Lipinski definition) is 1. The molecule has 0 spiro atoms. The standard InChI is InChI=1S/C13H19NO2.ClH/c1-4-9(2)13(14)11-6-5-7-12(8-11)16-10(3)15;/h5-9,13H,4,14H2,1-3H3;1H/t9?,13-;/m0./s1. The number of carbonyl (C=O) groups is 1. The first-order valence-corrected chi connectivity index (χ1v) is 5.58. The van der Waals surface area contributed by atoms with E-state index in [2.05, 4.69) is 13.8 Å². The van der Waals surface area contributed by atoms with E-state index in [1.54, 1.807) is 6.07 Å². The van der Waals surface area contributed by atoms with Crippen molar-refractivity contribution in [1.29, 1.82) is 0 Å². The highest BCUT2D eigenvalue weighted by molar-refractivity contribution is 5.85. The van der Waals surface area contributed by atoms with Gasteiger partial charge in [0.1, 0.15) is 5.75 Å². The number of carbonyl (C=O) groups excluding carboxylic acids is 1. The van der Waals surface area contributed by atoms with E-state index in [0.29, 0.717) is 11.7 Å². The molecule has 0 aliphatic heterocycles. The molecule has 1 aromatic rings. The minimum absolute atomic E-state index is 0. The minimum atomic E-state index is -0.311. The van der Waals surface area contributed by atoms with Crippen molar-refractivity contribution in [3.63, 3.8) is 0 Å². The first-order valence-electron chi connectivity index (χ1n) is 5.58. The number of benzene rings is 1. The van der Waals surface area contributed by atoms with Gasteiger partial charge in [-0.2, -0.15) is 0 Å². The van der Waals surface area contributed by atoms with E-state index in [0.717, 1.165) is 12.0 Å². The van der Waals surface area contributed by atoms with E-state index < -0.39 is 0 Å². The van der Waals surface area contributed by atoms with Crippen molar-refractivity contribution in [1.82, 2.24) is 0 Å². The summed E-state index contributed by atoms with van der Waals surface area (Å²) in [4.78, 5) is 10.8. The van der Waals surface area contributed by atoms with E-state index in [-0.39, 0.29) is 24.4 Å². The summed E-state index contributed by atoms with van der Waals surface area (Å²) in [6.07, 6.45) is 1.03. The van der Waals surface area contributed by atoms with Gasteiger partial charge in [-0.05, 0) is 23.6 Å². The highest BCUT2D eigenvalue weighted by Gasteiger charge is 2.13. The summed E-state index contributed by atoms with van der Waals surface area (Å²) in [5.74, 6) is 0.658. The maximum absolute atomic E-state index is 10.8. The Bertz CT molecular complexity index is 368. The number of rotatable bonds is 4. The van der Waals surface area contributed by atoms with Gasteiger partial charge in [0.2, 0.25) is 0 Å². The number of nitrogens with two attached hydrogens (primary N) is 1. The molecule has 96 valence electrons. The number of halogens is 1. The molecule has 0 aliphatic rings. The van der Waals surface area contributed by atoms with Crippen LogP contribution in [0.2, 0.25) is 0 Å². The average molecular weight is 258 g/mol. The summed E-state index contributed by atoms with van der Waals surface area (Å²) in [5, 5.41) is 0. The first-order chi connectivity index (χ1) is 7.54. The Morgan fingerprint density at radius 2 is 2.12 bits per heavy atom. The van der Waals surface area contributed by atoms with Crippen LogP contribution in [-0.2, 0) is 4.79 Å². The van der Waals surface area contributed by atoms with E-state index in [1.807, 2.05) is 18.2 Å². The van der Waals surface area contributed by atoms with Gasteiger partial charge in [-0.15, -0.1) is 12.4 Å². The van der Waals surface area contributed by atoms with Gasteiger partial charge in [0, 0.05) is 13.0 Å². The van der Waals surface area contributed by atoms with Crippen LogP contribution in [0.3, 0.4) is 0 Å². The molecule has 0 aromatic heterocycles. The van der Waals surface area contributed by atoms with Gasteiger partial charge < -0.3 is 10.5 Å². The Balaban J connectivity index is 0.00000256. The van der Waals surface area contributed by atoms with Crippen LogP contribution < -0.4 is 10.5 Å². The fourth-order valence-corrected chi connectivity index (χ4v) is 1.53. The van der Waals surface area contributed by atoms with Crippen molar-refractivity contribution < 1.29 is 9.53 Å². The first kappa shape index (κ1) is 15.9. The predicted molar refractivity (Wildman–Crippen MR) is 71.4 cm³/mol. The van der Waals surface area contributed by atoms with E-state index in [4.69, 9.17) is 10.5 Å². The average Bonchev–Trinajstić information content (AvgIpc) is 2.26. The van der Waals surface area contributed by atoms with Crippen LogP contribution in [0.15, 0.2) is 24.3 Å². The molecule has 1 unspecified atom stereocenters. The maximum Gasteiger partial charge on any atom is 0.308 e. The lowest BCUT2D eigenvalue weighted by Gasteiger charge is -2.19. The molecule has 2 atom stereocenters. The summed E-state index contributed by atoms with van der Waals surface area (Å²) in [5.41, 5.74) is 7.12. The van der Waals surface area contributed by atoms with Gasteiger partial charge >= 0.3 is 5.97 Å². The Hall–Kier alpha value is -1.06.